The van der Waals surface area contributed by atoms with Crippen molar-refractivity contribution in [3.05, 3.63) is 28.9 Å². The highest BCUT2D eigenvalue weighted by atomic mass is 32.1. The molecular weight excluding hydrogens is 308 g/mol. The van der Waals surface area contributed by atoms with Crippen molar-refractivity contribution >= 4 is 27.4 Å². The largest absolute Gasteiger partial charge is 0.355 e. The normalized spacial score (nSPS) is 18.7. The molecule has 0 spiro atoms. The molecule has 1 unspecified atom stereocenters. The summed E-state index contributed by atoms with van der Waals surface area (Å²) < 4.78 is 0. The maximum atomic E-state index is 4.82. The molecule has 3 aromatic rings. The number of rotatable bonds is 3. The molecule has 6 nitrogen and oxygen atoms in total. The Bertz CT molecular complexity index is 823. The van der Waals surface area contributed by atoms with Gasteiger partial charge in [-0.15, -0.1) is 11.3 Å². The van der Waals surface area contributed by atoms with E-state index in [1.54, 1.807) is 11.3 Å². The second-order valence-corrected chi connectivity index (χ2v) is 6.92. The summed E-state index contributed by atoms with van der Waals surface area (Å²) in [7, 11) is 0. The number of nitrogens with one attached hydrogen (secondary N) is 1. The van der Waals surface area contributed by atoms with E-state index in [2.05, 4.69) is 43.4 Å². The Morgan fingerprint density at radius 1 is 1.35 bits per heavy atom. The third-order valence-electron chi connectivity index (χ3n) is 4.37. The second-order valence-electron chi connectivity index (χ2n) is 6.02. The number of H-pyrrole nitrogens is 1. The van der Waals surface area contributed by atoms with Crippen LogP contribution in [0.2, 0.25) is 0 Å². The average Bonchev–Trinajstić information content (AvgIpc) is 3.22. The van der Waals surface area contributed by atoms with Gasteiger partial charge in [0.1, 0.15) is 22.3 Å². The zero-order chi connectivity index (χ0) is 15.8. The van der Waals surface area contributed by atoms with Gasteiger partial charge >= 0.3 is 0 Å². The van der Waals surface area contributed by atoms with Crippen LogP contribution in [-0.4, -0.2) is 38.2 Å². The van der Waals surface area contributed by atoms with Crippen molar-refractivity contribution < 1.29 is 0 Å². The predicted molar refractivity (Wildman–Crippen MR) is 92.1 cm³/mol. The summed E-state index contributed by atoms with van der Waals surface area (Å²) in [5.41, 5.74) is 0. The number of aromatic amines is 1. The number of hydrogen-bond acceptors (Lipinski definition) is 6. The summed E-state index contributed by atoms with van der Waals surface area (Å²) >= 11 is 1.69. The van der Waals surface area contributed by atoms with E-state index in [1.807, 2.05) is 6.92 Å². The van der Waals surface area contributed by atoms with Crippen LogP contribution in [0.1, 0.15) is 43.2 Å². The standard InChI is InChI=1S/C16H20N6S/c1-3-13-18-15(12-6-8-23-16(12)19-13)22-7-4-5-11(9-22)14-17-10(2)20-21-14/h6,8,11H,3-5,7,9H2,1-2H3,(H,17,20,21). The Kier molecular flexibility index (Phi) is 3.72. The van der Waals surface area contributed by atoms with Crippen LogP contribution in [0.5, 0.6) is 0 Å². The zero-order valence-corrected chi connectivity index (χ0v) is 14.2. The minimum Gasteiger partial charge on any atom is -0.355 e. The monoisotopic (exact) mass is 328 g/mol. The number of thiophene rings is 1. The number of aromatic nitrogens is 5. The summed E-state index contributed by atoms with van der Waals surface area (Å²) in [4.78, 5) is 17.5. The maximum Gasteiger partial charge on any atom is 0.155 e. The van der Waals surface area contributed by atoms with Crippen LogP contribution in [0.4, 0.5) is 5.82 Å². The number of aryl methyl sites for hydroxylation is 2. The molecule has 4 rings (SSSR count). The van der Waals surface area contributed by atoms with Crippen molar-refractivity contribution in [1.29, 1.82) is 0 Å². The lowest BCUT2D eigenvalue weighted by Crippen LogP contribution is -2.35. The Morgan fingerprint density at radius 2 is 2.26 bits per heavy atom. The van der Waals surface area contributed by atoms with E-state index in [0.29, 0.717) is 5.92 Å². The molecule has 0 aromatic carbocycles. The van der Waals surface area contributed by atoms with Crippen LogP contribution in [0.3, 0.4) is 0 Å². The molecule has 1 aliphatic heterocycles. The van der Waals surface area contributed by atoms with Gasteiger partial charge in [0, 0.05) is 25.4 Å². The highest BCUT2D eigenvalue weighted by Crippen LogP contribution is 2.33. The van der Waals surface area contributed by atoms with Crippen LogP contribution >= 0.6 is 11.3 Å². The maximum absolute atomic E-state index is 4.82. The third kappa shape index (κ3) is 2.69. The quantitative estimate of drug-likeness (QED) is 0.800. The Balaban J connectivity index is 1.68. The molecule has 3 aromatic heterocycles. The van der Waals surface area contributed by atoms with Crippen LogP contribution < -0.4 is 4.90 Å². The van der Waals surface area contributed by atoms with Gasteiger partial charge in [-0.25, -0.2) is 15.0 Å². The first-order valence-electron chi connectivity index (χ1n) is 8.12. The molecule has 0 saturated carbocycles. The minimum absolute atomic E-state index is 0.363. The fourth-order valence-electron chi connectivity index (χ4n) is 3.20. The zero-order valence-electron chi connectivity index (χ0n) is 13.4. The molecule has 120 valence electrons. The lowest BCUT2D eigenvalue weighted by Gasteiger charge is -2.32. The molecule has 1 saturated heterocycles. The smallest absolute Gasteiger partial charge is 0.155 e. The Morgan fingerprint density at radius 3 is 3.04 bits per heavy atom. The summed E-state index contributed by atoms with van der Waals surface area (Å²) in [5.74, 6) is 4.17. The first-order valence-corrected chi connectivity index (χ1v) is 9.00. The number of hydrogen-bond donors (Lipinski definition) is 1. The molecule has 0 radical (unpaired) electrons. The second kappa shape index (κ2) is 5.88. The fourth-order valence-corrected chi connectivity index (χ4v) is 3.98. The highest BCUT2D eigenvalue weighted by Gasteiger charge is 2.26. The highest BCUT2D eigenvalue weighted by molar-refractivity contribution is 7.16. The van der Waals surface area contributed by atoms with E-state index < -0.39 is 0 Å². The van der Waals surface area contributed by atoms with Crippen molar-refractivity contribution in [3.63, 3.8) is 0 Å². The van der Waals surface area contributed by atoms with Crippen LogP contribution in [0.15, 0.2) is 11.4 Å². The van der Waals surface area contributed by atoms with Crippen LogP contribution in [0.25, 0.3) is 10.2 Å². The first kappa shape index (κ1) is 14.6. The van der Waals surface area contributed by atoms with Gasteiger partial charge in [0.05, 0.1) is 5.39 Å². The van der Waals surface area contributed by atoms with Crippen molar-refractivity contribution in [2.24, 2.45) is 0 Å². The molecule has 0 aliphatic carbocycles. The van der Waals surface area contributed by atoms with E-state index in [1.165, 1.54) is 5.39 Å². The summed E-state index contributed by atoms with van der Waals surface area (Å²) in [6.07, 6.45) is 3.12. The first-order chi connectivity index (χ1) is 11.2. The van der Waals surface area contributed by atoms with Gasteiger partial charge in [0.25, 0.3) is 0 Å². The van der Waals surface area contributed by atoms with Gasteiger partial charge < -0.3 is 4.90 Å². The van der Waals surface area contributed by atoms with Crippen molar-refractivity contribution in [2.45, 2.75) is 39.0 Å². The number of fused-ring (bicyclic) bond motifs is 1. The van der Waals surface area contributed by atoms with E-state index in [0.717, 1.165) is 60.5 Å². The van der Waals surface area contributed by atoms with E-state index >= 15 is 0 Å². The number of piperidine rings is 1. The summed E-state index contributed by atoms with van der Waals surface area (Å²) in [6, 6.07) is 2.13. The molecule has 0 bridgehead atoms. The average molecular weight is 328 g/mol. The molecule has 1 fully saturated rings. The molecule has 23 heavy (non-hydrogen) atoms. The van der Waals surface area contributed by atoms with E-state index in [9.17, 15) is 0 Å². The minimum atomic E-state index is 0.363. The van der Waals surface area contributed by atoms with Gasteiger partial charge in [-0.3, -0.25) is 5.10 Å². The lowest BCUT2D eigenvalue weighted by atomic mass is 9.97. The van der Waals surface area contributed by atoms with E-state index in [4.69, 9.17) is 4.98 Å². The molecule has 0 amide bonds. The Hall–Kier alpha value is -2.02. The van der Waals surface area contributed by atoms with Crippen molar-refractivity contribution in [2.75, 3.05) is 18.0 Å². The molecule has 1 atom stereocenters. The van der Waals surface area contributed by atoms with Crippen molar-refractivity contribution in [1.82, 2.24) is 25.1 Å². The van der Waals surface area contributed by atoms with Gasteiger partial charge in [-0.05, 0) is 31.2 Å². The fraction of sp³-hybridized carbons (Fsp3) is 0.500. The summed E-state index contributed by atoms with van der Waals surface area (Å²) in [6.45, 7) is 6.01. The molecular formula is C16H20N6S. The van der Waals surface area contributed by atoms with Gasteiger partial charge in [-0.2, -0.15) is 5.10 Å². The van der Waals surface area contributed by atoms with Gasteiger partial charge in [0.15, 0.2) is 5.82 Å². The topological polar surface area (TPSA) is 70.6 Å². The number of nitrogens with zero attached hydrogens (tertiary/aromatic N) is 5. The van der Waals surface area contributed by atoms with Crippen molar-refractivity contribution in [3.8, 4) is 0 Å². The predicted octanol–water partition coefficient (Wildman–Crippen LogP) is 3.06. The lowest BCUT2D eigenvalue weighted by molar-refractivity contribution is 0.490. The van der Waals surface area contributed by atoms with Gasteiger partial charge in [-0.1, -0.05) is 6.92 Å². The molecule has 1 N–H and O–H groups in total. The van der Waals surface area contributed by atoms with E-state index in [-0.39, 0.29) is 0 Å². The SMILES string of the molecule is CCc1nc(N2CCCC(c3n[nH]c(C)n3)C2)c2ccsc2n1. The third-order valence-corrected chi connectivity index (χ3v) is 5.17. The van der Waals surface area contributed by atoms with Crippen LogP contribution in [-0.2, 0) is 6.42 Å². The molecule has 7 heteroatoms. The summed E-state index contributed by atoms with van der Waals surface area (Å²) in [5, 5.41) is 10.6. The van der Waals surface area contributed by atoms with Crippen LogP contribution in [0, 0.1) is 6.92 Å². The van der Waals surface area contributed by atoms with Gasteiger partial charge in [0.2, 0.25) is 0 Å². The Labute approximate surface area is 139 Å². The molecule has 1 aliphatic rings. The molecule has 4 heterocycles. The number of anilines is 1.